The van der Waals surface area contributed by atoms with Crippen molar-refractivity contribution in [2.45, 2.75) is 6.61 Å². The number of halogens is 2. The number of hydrogen-bond acceptors (Lipinski definition) is 4. The van der Waals surface area contributed by atoms with E-state index in [0.29, 0.717) is 22.3 Å². The fourth-order valence-corrected chi connectivity index (χ4v) is 3.05. The molecule has 2 heterocycles. The molecular weight excluding hydrogens is 412 g/mol. The molecule has 0 fully saturated rings. The van der Waals surface area contributed by atoms with Crippen LogP contribution in [0.4, 0.5) is 5.82 Å². The minimum absolute atomic E-state index is 0.187. The zero-order valence-corrected chi connectivity index (χ0v) is 15.5. The standard InChI is InChI=1S/C17H12BrClN2O2S/c18-12-1-6-16(20-8-12)21-17(22)15-7-11(10-24-15)9-23-14-4-2-13(19)3-5-14/h1-8,10H,9H2,(H,20,21,22). The number of nitrogens with zero attached hydrogens (tertiary/aromatic N) is 1. The lowest BCUT2D eigenvalue weighted by Crippen LogP contribution is -2.11. The predicted octanol–water partition coefficient (Wildman–Crippen LogP) is 5.39. The normalized spacial score (nSPS) is 10.4. The smallest absolute Gasteiger partial charge is 0.266 e. The number of rotatable bonds is 5. The fourth-order valence-electron chi connectivity index (χ4n) is 1.90. The van der Waals surface area contributed by atoms with Crippen molar-refractivity contribution in [3.05, 3.63) is 74.0 Å². The van der Waals surface area contributed by atoms with Gasteiger partial charge in [-0.2, -0.15) is 0 Å². The van der Waals surface area contributed by atoms with Gasteiger partial charge in [-0.15, -0.1) is 11.3 Å². The fraction of sp³-hybridized carbons (Fsp3) is 0.0588. The Morgan fingerprint density at radius 3 is 2.75 bits per heavy atom. The largest absolute Gasteiger partial charge is 0.489 e. The Bertz CT molecular complexity index is 835. The number of nitrogens with one attached hydrogen (secondary N) is 1. The van der Waals surface area contributed by atoms with Crippen molar-refractivity contribution in [3.63, 3.8) is 0 Å². The van der Waals surface area contributed by atoms with Gasteiger partial charge in [-0.1, -0.05) is 11.6 Å². The maximum absolute atomic E-state index is 12.2. The molecule has 0 aliphatic rings. The number of anilines is 1. The third kappa shape index (κ3) is 4.56. The Labute approximate surface area is 156 Å². The number of pyridine rings is 1. The second-order valence-electron chi connectivity index (χ2n) is 4.88. The summed E-state index contributed by atoms with van der Waals surface area (Å²) in [5.74, 6) is 1.05. The molecule has 0 aliphatic heterocycles. The van der Waals surface area contributed by atoms with Gasteiger partial charge in [-0.05, 0) is 63.8 Å². The average Bonchev–Trinajstić information content (AvgIpc) is 3.06. The molecule has 122 valence electrons. The van der Waals surface area contributed by atoms with Crippen LogP contribution in [-0.2, 0) is 6.61 Å². The molecule has 0 radical (unpaired) electrons. The van der Waals surface area contributed by atoms with Crippen LogP contribution in [0.15, 0.2) is 58.5 Å². The average molecular weight is 424 g/mol. The lowest BCUT2D eigenvalue weighted by molar-refractivity contribution is 0.103. The van der Waals surface area contributed by atoms with Gasteiger partial charge >= 0.3 is 0 Å². The maximum Gasteiger partial charge on any atom is 0.266 e. The van der Waals surface area contributed by atoms with Gasteiger partial charge in [0.05, 0.1) is 4.88 Å². The minimum Gasteiger partial charge on any atom is -0.489 e. The molecule has 0 saturated heterocycles. The van der Waals surface area contributed by atoms with Crippen molar-refractivity contribution in [1.29, 1.82) is 0 Å². The third-order valence-corrected chi connectivity index (χ3v) is 4.76. The van der Waals surface area contributed by atoms with E-state index in [1.165, 1.54) is 11.3 Å². The van der Waals surface area contributed by atoms with Gasteiger partial charge in [0.25, 0.3) is 5.91 Å². The number of carbonyl (C=O) groups excluding carboxylic acids is 1. The second kappa shape index (κ2) is 7.79. The van der Waals surface area contributed by atoms with E-state index < -0.39 is 0 Å². The summed E-state index contributed by atoms with van der Waals surface area (Å²) in [6.45, 7) is 0.391. The number of aromatic nitrogens is 1. The number of hydrogen-bond donors (Lipinski definition) is 1. The van der Waals surface area contributed by atoms with E-state index in [2.05, 4.69) is 26.2 Å². The first-order chi connectivity index (χ1) is 11.6. The lowest BCUT2D eigenvalue weighted by Gasteiger charge is -2.04. The molecule has 1 amide bonds. The van der Waals surface area contributed by atoms with E-state index in [9.17, 15) is 4.79 Å². The van der Waals surface area contributed by atoms with E-state index >= 15 is 0 Å². The molecule has 0 unspecified atom stereocenters. The zero-order chi connectivity index (χ0) is 16.9. The number of carbonyl (C=O) groups is 1. The summed E-state index contributed by atoms with van der Waals surface area (Å²) in [7, 11) is 0. The molecule has 4 nitrogen and oxygen atoms in total. The first-order valence-electron chi connectivity index (χ1n) is 6.99. The Hall–Kier alpha value is -1.89. The van der Waals surface area contributed by atoms with Crippen molar-refractivity contribution < 1.29 is 9.53 Å². The SMILES string of the molecule is O=C(Nc1ccc(Br)cn1)c1cc(COc2ccc(Cl)cc2)cs1. The Morgan fingerprint density at radius 1 is 1.25 bits per heavy atom. The maximum atomic E-state index is 12.2. The summed E-state index contributed by atoms with van der Waals surface area (Å²) < 4.78 is 6.53. The van der Waals surface area contributed by atoms with Crippen LogP contribution in [0.25, 0.3) is 0 Å². The first kappa shape index (κ1) is 17.0. The summed E-state index contributed by atoms with van der Waals surface area (Å²) in [5, 5.41) is 5.33. The summed E-state index contributed by atoms with van der Waals surface area (Å²) >= 11 is 10.5. The van der Waals surface area contributed by atoms with Crippen molar-refractivity contribution in [3.8, 4) is 5.75 Å². The molecule has 7 heteroatoms. The van der Waals surface area contributed by atoms with E-state index in [1.54, 1.807) is 24.4 Å². The topological polar surface area (TPSA) is 51.2 Å². The second-order valence-corrected chi connectivity index (χ2v) is 7.14. The minimum atomic E-state index is -0.187. The van der Waals surface area contributed by atoms with Crippen LogP contribution in [0.3, 0.4) is 0 Å². The highest BCUT2D eigenvalue weighted by Crippen LogP contribution is 2.20. The van der Waals surface area contributed by atoms with Gasteiger partial charge in [0.15, 0.2) is 0 Å². The number of benzene rings is 1. The van der Waals surface area contributed by atoms with Gasteiger partial charge in [0.2, 0.25) is 0 Å². The highest BCUT2D eigenvalue weighted by molar-refractivity contribution is 9.10. The van der Waals surface area contributed by atoms with Crippen molar-refractivity contribution in [1.82, 2.24) is 4.98 Å². The molecule has 3 rings (SSSR count). The molecule has 0 aliphatic carbocycles. The van der Waals surface area contributed by atoms with Crippen molar-refractivity contribution in [2.24, 2.45) is 0 Å². The summed E-state index contributed by atoms with van der Waals surface area (Å²) in [6, 6.07) is 12.5. The van der Waals surface area contributed by atoms with Gasteiger partial charge < -0.3 is 10.1 Å². The Balaban J connectivity index is 1.59. The van der Waals surface area contributed by atoms with Crippen LogP contribution in [0.2, 0.25) is 5.02 Å². The molecule has 3 aromatic rings. The van der Waals surface area contributed by atoms with E-state index in [-0.39, 0.29) is 5.91 Å². The molecule has 2 aromatic heterocycles. The van der Waals surface area contributed by atoms with E-state index in [1.807, 2.05) is 29.6 Å². The van der Waals surface area contributed by atoms with Crippen LogP contribution in [0, 0.1) is 0 Å². The van der Waals surface area contributed by atoms with Crippen molar-refractivity contribution >= 4 is 50.6 Å². The Kier molecular flexibility index (Phi) is 5.50. The monoisotopic (exact) mass is 422 g/mol. The van der Waals surface area contributed by atoms with Gasteiger partial charge in [0, 0.05) is 21.3 Å². The number of ether oxygens (including phenoxy) is 1. The van der Waals surface area contributed by atoms with Crippen LogP contribution in [0.5, 0.6) is 5.75 Å². The highest BCUT2D eigenvalue weighted by Gasteiger charge is 2.10. The van der Waals surface area contributed by atoms with Gasteiger partial charge in [-0.3, -0.25) is 4.79 Å². The first-order valence-corrected chi connectivity index (χ1v) is 9.04. The summed E-state index contributed by atoms with van der Waals surface area (Å²) in [4.78, 5) is 16.9. The third-order valence-electron chi connectivity index (χ3n) is 3.07. The molecule has 0 saturated carbocycles. The molecule has 24 heavy (non-hydrogen) atoms. The highest BCUT2D eigenvalue weighted by atomic mass is 79.9. The summed E-state index contributed by atoms with van der Waals surface area (Å²) in [5.41, 5.74) is 0.934. The van der Waals surface area contributed by atoms with Crippen LogP contribution >= 0.6 is 38.9 Å². The molecule has 0 spiro atoms. The lowest BCUT2D eigenvalue weighted by atomic mass is 10.3. The quantitative estimate of drug-likeness (QED) is 0.598. The van der Waals surface area contributed by atoms with Crippen LogP contribution < -0.4 is 10.1 Å². The molecule has 0 atom stereocenters. The molecule has 1 aromatic carbocycles. The van der Waals surface area contributed by atoms with Crippen molar-refractivity contribution in [2.75, 3.05) is 5.32 Å². The van der Waals surface area contributed by atoms with Gasteiger partial charge in [-0.25, -0.2) is 4.98 Å². The van der Waals surface area contributed by atoms with E-state index in [0.717, 1.165) is 15.8 Å². The molecular formula is C17H12BrClN2O2S. The molecule has 0 bridgehead atoms. The zero-order valence-electron chi connectivity index (χ0n) is 12.3. The molecule has 1 N–H and O–H groups in total. The van der Waals surface area contributed by atoms with Crippen LogP contribution in [-0.4, -0.2) is 10.9 Å². The van der Waals surface area contributed by atoms with Gasteiger partial charge in [0.1, 0.15) is 18.2 Å². The van der Waals surface area contributed by atoms with E-state index in [4.69, 9.17) is 16.3 Å². The predicted molar refractivity (Wildman–Crippen MR) is 100.0 cm³/mol. The van der Waals surface area contributed by atoms with Crippen LogP contribution in [0.1, 0.15) is 15.2 Å². The Morgan fingerprint density at radius 2 is 2.04 bits per heavy atom. The number of amides is 1. The summed E-state index contributed by atoms with van der Waals surface area (Å²) in [6.07, 6.45) is 1.63. The number of thiophene rings is 1.